The molecule has 11 heteroatoms. The highest BCUT2D eigenvalue weighted by Gasteiger charge is 2.46. The molecule has 2 saturated heterocycles. The molecule has 47 heavy (non-hydrogen) atoms. The Balaban J connectivity index is 1.64. The van der Waals surface area contributed by atoms with E-state index in [9.17, 15) is 14.4 Å². The molecule has 0 aromatic carbocycles. The SMILES string of the molecule is COCCCC(C)C1C(C(=O)N(CC(C)C)[C@H]2C[C@@H](C(=O)N3CCOCC3)CN(C(=O)OC(C)(C)C)C2)C=NN1C1=CCC=CCC1. The van der Waals surface area contributed by atoms with Crippen LogP contribution in [0.2, 0.25) is 0 Å². The Morgan fingerprint density at radius 1 is 1.09 bits per heavy atom. The van der Waals surface area contributed by atoms with Gasteiger partial charge in [-0.25, -0.2) is 4.79 Å². The topological polar surface area (TPSA) is 104 Å². The van der Waals surface area contributed by atoms with E-state index in [0.29, 0.717) is 52.4 Å². The van der Waals surface area contributed by atoms with Gasteiger partial charge in [-0.05, 0) is 71.1 Å². The molecular formula is C36H59N5O6. The molecule has 0 N–H and O–H groups in total. The predicted molar refractivity (Wildman–Crippen MR) is 183 cm³/mol. The van der Waals surface area contributed by atoms with Crippen LogP contribution >= 0.6 is 0 Å². The Bertz CT molecular complexity index is 1160. The molecule has 4 rings (SSSR count). The number of hydrogen-bond donors (Lipinski definition) is 0. The lowest BCUT2D eigenvalue weighted by Crippen LogP contribution is -2.60. The number of hydrazone groups is 1. The number of rotatable bonds is 11. The Labute approximate surface area is 282 Å². The lowest BCUT2D eigenvalue weighted by molar-refractivity contribution is -0.146. The normalized spacial score (nSPS) is 25.9. The number of allylic oxidation sites excluding steroid dienone is 4. The molecule has 2 fully saturated rings. The number of likely N-dealkylation sites (tertiary alicyclic amines) is 1. The molecular weight excluding hydrogens is 598 g/mol. The van der Waals surface area contributed by atoms with E-state index in [2.05, 4.69) is 44.0 Å². The van der Waals surface area contributed by atoms with Crippen molar-refractivity contribution in [3.05, 3.63) is 23.9 Å². The first kappa shape index (κ1) is 36.9. The van der Waals surface area contributed by atoms with Gasteiger partial charge in [0.05, 0.1) is 37.1 Å². The highest BCUT2D eigenvalue weighted by Crippen LogP contribution is 2.35. The lowest BCUT2D eigenvalue weighted by Gasteiger charge is -2.45. The maximum absolute atomic E-state index is 14.9. The third-order valence-electron chi connectivity index (χ3n) is 9.43. The number of carbonyl (C=O) groups excluding carboxylic acids is 3. The smallest absolute Gasteiger partial charge is 0.410 e. The summed E-state index contributed by atoms with van der Waals surface area (Å²) in [6, 6.07) is -0.468. The van der Waals surface area contributed by atoms with Crippen LogP contribution in [-0.4, -0.2) is 121 Å². The van der Waals surface area contributed by atoms with Gasteiger partial charge in [0.25, 0.3) is 0 Å². The average molecular weight is 658 g/mol. The molecule has 11 nitrogen and oxygen atoms in total. The number of nitrogens with zero attached hydrogens (tertiary/aromatic N) is 5. The third kappa shape index (κ3) is 10.0. The van der Waals surface area contributed by atoms with Crippen molar-refractivity contribution >= 4 is 24.1 Å². The van der Waals surface area contributed by atoms with Crippen LogP contribution in [-0.2, 0) is 23.8 Å². The minimum atomic E-state index is -0.681. The van der Waals surface area contributed by atoms with Crippen molar-refractivity contribution in [1.29, 1.82) is 0 Å². The Kier molecular flexibility index (Phi) is 13.3. The van der Waals surface area contributed by atoms with Gasteiger partial charge in [-0.15, -0.1) is 0 Å². The summed E-state index contributed by atoms with van der Waals surface area (Å²) >= 11 is 0. The molecule has 3 heterocycles. The maximum Gasteiger partial charge on any atom is 0.410 e. The van der Waals surface area contributed by atoms with Crippen LogP contribution in [0.3, 0.4) is 0 Å². The standard InChI is InChI=1S/C36H59N5O6/c1-26(2)23-40(30-21-28(33(42)38-16-19-46-20-17-38)24-39(25-30)35(44)47-36(4,5)6)34(43)31-22-37-41(29-14-10-8-9-11-15-29)32(31)27(3)13-12-18-45-7/h8-9,14,22,26-28,30-32H,10-13,15-21,23-25H2,1-7H3/t27?,28-,30+,31?,32?/m1/s1. The second-order valence-electron chi connectivity index (χ2n) is 15.0. The summed E-state index contributed by atoms with van der Waals surface area (Å²) in [5, 5.41) is 7.02. The van der Waals surface area contributed by atoms with Crippen molar-refractivity contribution < 1.29 is 28.6 Å². The van der Waals surface area contributed by atoms with Crippen molar-refractivity contribution in [1.82, 2.24) is 19.7 Å². The largest absolute Gasteiger partial charge is 0.444 e. The first-order chi connectivity index (χ1) is 22.4. The molecule has 3 aliphatic heterocycles. The van der Waals surface area contributed by atoms with Crippen LogP contribution in [0, 0.1) is 23.7 Å². The minimum Gasteiger partial charge on any atom is -0.444 e. The van der Waals surface area contributed by atoms with Crippen LogP contribution in [0.1, 0.15) is 80.1 Å². The van der Waals surface area contributed by atoms with Crippen molar-refractivity contribution in [3.63, 3.8) is 0 Å². The molecule has 0 radical (unpaired) electrons. The van der Waals surface area contributed by atoms with E-state index in [1.54, 1.807) is 12.0 Å². The fourth-order valence-corrected chi connectivity index (χ4v) is 7.21. The van der Waals surface area contributed by atoms with Crippen molar-refractivity contribution in [2.24, 2.45) is 28.8 Å². The molecule has 1 aliphatic carbocycles. The van der Waals surface area contributed by atoms with Gasteiger partial charge in [0, 0.05) is 58.4 Å². The van der Waals surface area contributed by atoms with Crippen LogP contribution < -0.4 is 0 Å². The van der Waals surface area contributed by atoms with Crippen LogP contribution in [0.15, 0.2) is 29.0 Å². The molecule has 0 saturated carbocycles. The number of hydrogen-bond acceptors (Lipinski definition) is 8. The zero-order chi connectivity index (χ0) is 34.1. The van der Waals surface area contributed by atoms with Crippen LogP contribution in [0.5, 0.6) is 0 Å². The van der Waals surface area contributed by atoms with E-state index < -0.39 is 23.5 Å². The highest BCUT2D eigenvalue weighted by molar-refractivity contribution is 5.95. The van der Waals surface area contributed by atoms with E-state index in [0.717, 1.165) is 37.8 Å². The number of ether oxygens (including phenoxy) is 3. The van der Waals surface area contributed by atoms with Gasteiger partial charge in [-0.3, -0.25) is 14.6 Å². The first-order valence-electron chi connectivity index (χ1n) is 17.7. The van der Waals surface area contributed by atoms with Crippen LogP contribution in [0.25, 0.3) is 0 Å². The number of methoxy groups -OCH3 is 1. The van der Waals surface area contributed by atoms with Crippen molar-refractivity contribution in [2.45, 2.75) is 97.8 Å². The van der Waals surface area contributed by atoms with Crippen LogP contribution in [0.4, 0.5) is 4.79 Å². The zero-order valence-corrected chi connectivity index (χ0v) is 29.9. The molecule has 5 atom stereocenters. The highest BCUT2D eigenvalue weighted by atomic mass is 16.6. The van der Waals surface area contributed by atoms with E-state index in [4.69, 9.17) is 19.3 Å². The van der Waals surface area contributed by atoms with E-state index >= 15 is 0 Å². The second-order valence-corrected chi connectivity index (χ2v) is 15.0. The number of amides is 3. The summed E-state index contributed by atoms with van der Waals surface area (Å²) in [6.07, 6.45) is 13.0. The summed E-state index contributed by atoms with van der Waals surface area (Å²) < 4.78 is 16.7. The van der Waals surface area contributed by atoms with E-state index in [1.807, 2.05) is 36.8 Å². The van der Waals surface area contributed by atoms with Gasteiger partial charge in [-0.1, -0.05) is 39.0 Å². The van der Waals surface area contributed by atoms with Gasteiger partial charge < -0.3 is 28.9 Å². The number of morpholine rings is 1. The summed E-state index contributed by atoms with van der Waals surface area (Å²) in [5.74, 6) is -0.506. The predicted octanol–water partition coefficient (Wildman–Crippen LogP) is 4.93. The number of carbonyl (C=O) groups is 3. The van der Waals surface area contributed by atoms with Crippen molar-refractivity contribution in [3.8, 4) is 0 Å². The summed E-state index contributed by atoms with van der Waals surface area (Å²) in [5.41, 5.74) is 0.477. The molecule has 0 aromatic heterocycles. The summed E-state index contributed by atoms with van der Waals surface area (Å²) in [6.45, 7) is 15.8. The maximum atomic E-state index is 14.9. The molecule has 4 aliphatic rings. The summed E-state index contributed by atoms with van der Waals surface area (Å²) in [7, 11) is 1.72. The molecule has 0 bridgehead atoms. The van der Waals surface area contributed by atoms with Gasteiger partial charge >= 0.3 is 6.09 Å². The average Bonchev–Trinajstić information content (AvgIpc) is 3.30. The Hall–Kier alpha value is -2.92. The molecule has 0 aromatic rings. The quantitative estimate of drug-likeness (QED) is 0.229. The van der Waals surface area contributed by atoms with Gasteiger partial charge in [0.1, 0.15) is 5.60 Å². The lowest BCUT2D eigenvalue weighted by atomic mass is 9.84. The fraction of sp³-hybridized carbons (Fsp3) is 0.778. The first-order valence-corrected chi connectivity index (χ1v) is 17.7. The summed E-state index contributed by atoms with van der Waals surface area (Å²) in [4.78, 5) is 47.7. The van der Waals surface area contributed by atoms with E-state index in [1.165, 1.54) is 0 Å². The Morgan fingerprint density at radius 3 is 2.51 bits per heavy atom. The Morgan fingerprint density at radius 2 is 1.83 bits per heavy atom. The third-order valence-corrected chi connectivity index (χ3v) is 9.43. The van der Waals surface area contributed by atoms with Crippen molar-refractivity contribution in [2.75, 3.05) is 59.7 Å². The van der Waals surface area contributed by atoms with E-state index in [-0.39, 0.29) is 42.3 Å². The minimum absolute atomic E-state index is 0.00880. The van der Waals surface area contributed by atoms with Gasteiger partial charge in [-0.2, -0.15) is 5.10 Å². The molecule has 264 valence electrons. The molecule has 3 unspecified atom stereocenters. The monoisotopic (exact) mass is 657 g/mol. The van der Waals surface area contributed by atoms with Gasteiger partial charge in [0.2, 0.25) is 11.8 Å². The zero-order valence-electron chi connectivity index (χ0n) is 29.9. The fourth-order valence-electron chi connectivity index (χ4n) is 7.21. The number of piperidine rings is 1. The molecule has 3 amide bonds. The van der Waals surface area contributed by atoms with Gasteiger partial charge in [0.15, 0.2) is 0 Å². The molecule has 0 spiro atoms. The second kappa shape index (κ2) is 17.0.